The molecule has 0 unspecified atom stereocenters. The van der Waals surface area contributed by atoms with E-state index in [4.69, 9.17) is 37.4 Å². The van der Waals surface area contributed by atoms with Crippen LogP contribution in [0.15, 0.2) is 36.4 Å². The van der Waals surface area contributed by atoms with Crippen molar-refractivity contribution in [3.8, 4) is 5.75 Å². The second kappa shape index (κ2) is 14.2. The van der Waals surface area contributed by atoms with Gasteiger partial charge >= 0.3 is 5.97 Å². The number of morpholine rings is 1. The van der Waals surface area contributed by atoms with E-state index >= 15 is 0 Å². The normalized spacial score (nSPS) is 26.0. The standard InChI is InChI=1S/C25H35Cl2NO5/c26-21-8-5-6-9-24(21)33-18-20-19(22(27)17-23(20)29)7-3-1-2-4-10-25(30)32-16-13-28-11-14-31-15-12-28/h1,3,5-6,8-9,19-20,22-23,29H,2,4,7,10-18H2/b3-1-/t19-,20-,22-,23-/m1/s1. The van der Waals surface area contributed by atoms with Gasteiger partial charge in [0.1, 0.15) is 12.4 Å². The molecule has 1 aromatic carbocycles. The first-order valence-electron chi connectivity index (χ1n) is 11.8. The average molecular weight is 500 g/mol. The molecule has 6 nitrogen and oxygen atoms in total. The van der Waals surface area contributed by atoms with Crippen molar-refractivity contribution in [3.05, 3.63) is 41.4 Å². The summed E-state index contributed by atoms with van der Waals surface area (Å²) in [5, 5.41) is 10.9. The zero-order valence-electron chi connectivity index (χ0n) is 19.0. The molecule has 1 N–H and O–H groups in total. The number of para-hydroxylation sites is 1. The number of halogens is 2. The van der Waals surface area contributed by atoms with Gasteiger partial charge in [0.15, 0.2) is 0 Å². The summed E-state index contributed by atoms with van der Waals surface area (Å²) in [4.78, 5) is 14.1. The van der Waals surface area contributed by atoms with Gasteiger partial charge in [-0.3, -0.25) is 9.69 Å². The van der Waals surface area contributed by atoms with E-state index in [1.165, 1.54) is 0 Å². The molecule has 8 heteroatoms. The highest BCUT2D eigenvalue weighted by Crippen LogP contribution is 2.39. The molecule has 0 radical (unpaired) electrons. The van der Waals surface area contributed by atoms with E-state index in [2.05, 4.69) is 17.1 Å². The Morgan fingerprint density at radius 2 is 2.00 bits per heavy atom. The highest BCUT2D eigenvalue weighted by atomic mass is 35.5. The maximum atomic E-state index is 11.9. The number of ether oxygens (including phenoxy) is 3. The SMILES string of the molecule is O=C(CCC/C=C\C[C@@H]1[C@@H](COc2ccccc2Cl)[C@H](O)C[C@H]1Cl)OCCN1CCOCC1. The van der Waals surface area contributed by atoms with Gasteiger partial charge in [-0.1, -0.05) is 35.9 Å². The van der Waals surface area contributed by atoms with E-state index in [-0.39, 0.29) is 23.2 Å². The zero-order valence-corrected chi connectivity index (χ0v) is 20.6. The summed E-state index contributed by atoms with van der Waals surface area (Å²) in [6, 6.07) is 7.33. The van der Waals surface area contributed by atoms with E-state index in [0.717, 1.165) is 52.1 Å². The number of aliphatic hydroxyl groups excluding tert-OH is 1. The fourth-order valence-electron chi connectivity index (χ4n) is 4.36. The molecule has 0 amide bonds. The summed E-state index contributed by atoms with van der Waals surface area (Å²) in [7, 11) is 0. The number of carbonyl (C=O) groups excluding carboxylic acids is 1. The first kappa shape index (κ1) is 26.3. The molecular formula is C25H35Cl2NO5. The summed E-state index contributed by atoms with van der Waals surface area (Å²) in [6.45, 7) is 4.88. The van der Waals surface area contributed by atoms with Crippen LogP contribution in [0.25, 0.3) is 0 Å². The molecule has 1 aliphatic carbocycles. The van der Waals surface area contributed by atoms with Crippen molar-refractivity contribution in [2.24, 2.45) is 11.8 Å². The predicted octanol–water partition coefficient (Wildman–Crippen LogP) is 4.32. The molecule has 0 bridgehead atoms. The smallest absolute Gasteiger partial charge is 0.305 e. The number of rotatable bonds is 12. The Kier molecular flexibility index (Phi) is 11.3. The Labute approximate surface area is 206 Å². The first-order chi connectivity index (χ1) is 16.0. The van der Waals surface area contributed by atoms with E-state index in [1.807, 2.05) is 18.2 Å². The van der Waals surface area contributed by atoms with Crippen LogP contribution in [0.2, 0.25) is 5.02 Å². The molecular weight excluding hydrogens is 465 g/mol. The molecule has 33 heavy (non-hydrogen) atoms. The second-order valence-corrected chi connectivity index (χ2v) is 9.63. The van der Waals surface area contributed by atoms with Gasteiger partial charge in [-0.2, -0.15) is 0 Å². The van der Waals surface area contributed by atoms with Crippen LogP contribution >= 0.6 is 23.2 Å². The molecule has 184 valence electrons. The van der Waals surface area contributed by atoms with Crippen molar-refractivity contribution < 1.29 is 24.1 Å². The van der Waals surface area contributed by atoms with Crippen molar-refractivity contribution in [1.82, 2.24) is 4.90 Å². The Bertz CT molecular complexity index is 756. The van der Waals surface area contributed by atoms with Crippen molar-refractivity contribution in [1.29, 1.82) is 0 Å². The van der Waals surface area contributed by atoms with Crippen LogP contribution in [0, 0.1) is 11.8 Å². The molecule has 0 spiro atoms. The number of hydrogen-bond acceptors (Lipinski definition) is 6. The van der Waals surface area contributed by atoms with Gasteiger partial charge in [-0.05, 0) is 43.7 Å². The molecule has 2 fully saturated rings. The van der Waals surface area contributed by atoms with Crippen molar-refractivity contribution >= 4 is 29.2 Å². The third-order valence-electron chi connectivity index (χ3n) is 6.34. The van der Waals surface area contributed by atoms with Crippen LogP contribution in [0.1, 0.15) is 32.1 Å². The van der Waals surface area contributed by atoms with Gasteiger partial charge in [0.25, 0.3) is 0 Å². The fraction of sp³-hybridized carbons (Fsp3) is 0.640. The highest BCUT2D eigenvalue weighted by Gasteiger charge is 2.41. The molecule has 1 aliphatic heterocycles. The van der Waals surface area contributed by atoms with Gasteiger partial charge in [-0.15, -0.1) is 11.6 Å². The lowest BCUT2D eigenvalue weighted by Gasteiger charge is -2.26. The lowest BCUT2D eigenvalue weighted by molar-refractivity contribution is -0.144. The maximum absolute atomic E-state index is 11.9. The Morgan fingerprint density at radius 1 is 1.21 bits per heavy atom. The number of carbonyl (C=O) groups is 1. The zero-order chi connectivity index (χ0) is 23.5. The minimum absolute atomic E-state index is 0.0464. The predicted molar refractivity (Wildman–Crippen MR) is 130 cm³/mol. The largest absolute Gasteiger partial charge is 0.492 e. The number of unbranched alkanes of at least 4 members (excludes halogenated alkanes) is 1. The molecule has 1 aromatic rings. The van der Waals surface area contributed by atoms with Crippen LogP contribution in [0.4, 0.5) is 0 Å². The van der Waals surface area contributed by atoms with E-state index < -0.39 is 6.10 Å². The highest BCUT2D eigenvalue weighted by molar-refractivity contribution is 6.32. The van der Waals surface area contributed by atoms with Crippen molar-refractivity contribution in [3.63, 3.8) is 0 Å². The summed E-state index contributed by atoms with van der Waals surface area (Å²) >= 11 is 12.7. The molecule has 2 aliphatic rings. The Morgan fingerprint density at radius 3 is 2.79 bits per heavy atom. The molecule has 3 rings (SSSR count). The topological polar surface area (TPSA) is 68.2 Å². The monoisotopic (exact) mass is 499 g/mol. The number of allylic oxidation sites excluding steroid dienone is 2. The number of benzene rings is 1. The van der Waals surface area contributed by atoms with Gasteiger partial charge < -0.3 is 19.3 Å². The summed E-state index contributed by atoms with van der Waals surface area (Å²) in [5.74, 6) is 0.559. The van der Waals surface area contributed by atoms with Gasteiger partial charge in [-0.25, -0.2) is 0 Å². The summed E-state index contributed by atoms with van der Waals surface area (Å²) in [5.41, 5.74) is 0. The Hall–Kier alpha value is -1.31. The van der Waals surface area contributed by atoms with Crippen LogP contribution in [-0.4, -0.2) is 73.5 Å². The lowest BCUT2D eigenvalue weighted by atomic mass is 9.92. The van der Waals surface area contributed by atoms with Crippen molar-refractivity contribution in [2.75, 3.05) is 46.1 Å². The van der Waals surface area contributed by atoms with Crippen LogP contribution in [-0.2, 0) is 14.3 Å². The van der Waals surface area contributed by atoms with Gasteiger partial charge in [0, 0.05) is 37.4 Å². The minimum atomic E-state index is -0.486. The summed E-state index contributed by atoms with van der Waals surface area (Å²) < 4.78 is 16.5. The third-order valence-corrected chi connectivity index (χ3v) is 7.16. The second-order valence-electron chi connectivity index (χ2n) is 8.66. The molecule has 0 aromatic heterocycles. The number of esters is 1. The van der Waals surface area contributed by atoms with Crippen LogP contribution in [0.5, 0.6) is 5.75 Å². The lowest BCUT2D eigenvalue weighted by Crippen LogP contribution is -2.38. The van der Waals surface area contributed by atoms with E-state index in [1.54, 1.807) is 6.07 Å². The molecule has 1 saturated carbocycles. The average Bonchev–Trinajstić information content (AvgIpc) is 3.08. The van der Waals surface area contributed by atoms with Crippen LogP contribution < -0.4 is 4.74 Å². The van der Waals surface area contributed by atoms with Gasteiger partial charge in [0.2, 0.25) is 0 Å². The number of nitrogens with zero attached hydrogens (tertiary/aromatic N) is 1. The van der Waals surface area contributed by atoms with Crippen molar-refractivity contribution in [2.45, 2.75) is 43.6 Å². The van der Waals surface area contributed by atoms with E-state index in [9.17, 15) is 9.90 Å². The quantitative estimate of drug-likeness (QED) is 0.200. The Balaban J connectivity index is 1.31. The number of aliphatic hydroxyl groups is 1. The maximum Gasteiger partial charge on any atom is 0.305 e. The molecule has 1 saturated heterocycles. The number of hydrogen-bond donors (Lipinski definition) is 1. The first-order valence-corrected chi connectivity index (χ1v) is 12.7. The molecule has 1 heterocycles. The summed E-state index contributed by atoms with van der Waals surface area (Å²) in [6.07, 6.45) is 7.01. The number of alkyl halides is 1. The molecule has 4 atom stereocenters. The fourth-order valence-corrected chi connectivity index (χ4v) is 5.02. The van der Waals surface area contributed by atoms with Gasteiger partial charge in [0.05, 0.1) is 30.9 Å². The third kappa shape index (κ3) is 8.76. The van der Waals surface area contributed by atoms with Crippen LogP contribution in [0.3, 0.4) is 0 Å². The van der Waals surface area contributed by atoms with E-state index in [0.29, 0.717) is 36.8 Å². The minimum Gasteiger partial charge on any atom is -0.492 e.